The van der Waals surface area contributed by atoms with Gasteiger partial charge in [-0.05, 0) is 44.2 Å². The van der Waals surface area contributed by atoms with Crippen molar-refractivity contribution in [3.63, 3.8) is 0 Å². The first-order valence-corrected chi connectivity index (χ1v) is 6.56. The Kier molecular flexibility index (Phi) is 5.83. The molecule has 100 valence electrons. The van der Waals surface area contributed by atoms with Crippen LogP contribution in [0.1, 0.15) is 44.9 Å². The summed E-state index contributed by atoms with van der Waals surface area (Å²) >= 11 is 0. The molecular formula is C15H23NO2. The molecule has 3 heteroatoms. The average Bonchev–Trinajstić information content (AvgIpc) is 2.29. The number of rotatable bonds is 7. The van der Waals surface area contributed by atoms with Crippen molar-refractivity contribution in [2.75, 3.05) is 6.61 Å². The molecule has 0 aromatic carbocycles. The molecule has 0 fully saturated rings. The SMILES string of the molecule is CC(=O)CCc1cc(OCCC(C)C)cnc1C. The highest BCUT2D eigenvalue weighted by Gasteiger charge is 2.05. The molecule has 0 aliphatic heterocycles. The number of nitrogens with zero attached hydrogens (tertiary/aromatic N) is 1. The summed E-state index contributed by atoms with van der Waals surface area (Å²) in [6.45, 7) is 8.65. The van der Waals surface area contributed by atoms with Crippen molar-refractivity contribution in [3.8, 4) is 5.75 Å². The van der Waals surface area contributed by atoms with Gasteiger partial charge in [0.15, 0.2) is 0 Å². The second-order valence-electron chi connectivity index (χ2n) is 5.15. The number of ether oxygens (including phenoxy) is 1. The van der Waals surface area contributed by atoms with E-state index in [4.69, 9.17) is 4.74 Å². The van der Waals surface area contributed by atoms with Crippen LogP contribution in [0.15, 0.2) is 12.3 Å². The Bertz CT molecular complexity index is 399. The number of hydrogen-bond donors (Lipinski definition) is 0. The van der Waals surface area contributed by atoms with Crippen molar-refractivity contribution in [2.45, 2.75) is 47.0 Å². The zero-order chi connectivity index (χ0) is 13.5. The van der Waals surface area contributed by atoms with Crippen LogP contribution in [0.2, 0.25) is 0 Å². The molecule has 0 N–H and O–H groups in total. The lowest BCUT2D eigenvalue weighted by Crippen LogP contribution is -2.03. The third-order valence-electron chi connectivity index (χ3n) is 2.88. The minimum absolute atomic E-state index is 0.209. The van der Waals surface area contributed by atoms with Crippen LogP contribution < -0.4 is 4.74 Å². The molecule has 0 saturated carbocycles. The van der Waals surface area contributed by atoms with Crippen LogP contribution >= 0.6 is 0 Å². The molecule has 0 radical (unpaired) electrons. The summed E-state index contributed by atoms with van der Waals surface area (Å²) < 4.78 is 5.67. The van der Waals surface area contributed by atoms with E-state index in [1.165, 1.54) is 0 Å². The molecule has 0 spiro atoms. The van der Waals surface area contributed by atoms with E-state index in [9.17, 15) is 4.79 Å². The van der Waals surface area contributed by atoms with Gasteiger partial charge in [-0.15, -0.1) is 0 Å². The molecule has 1 rings (SSSR count). The average molecular weight is 249 g/mol. The normalized spacial score (nSPS) is 10.7. The van der Waals surface area contributed by atoms with Crippen LogP contribution in [0.25, 0.3) is 0 Å². The molecule has 0 unspecified atom stereocenters. The van der Waals surface area contributed by atoms with Crippen molar-refractivity contribution in [2.24, 2.45) is 5.92 Å². The van der Waals surface area contributed by atoms with E-state index in [0.29, 0.717) is 18.9 Å². The zero-order valence-electron chi connectivity index (χ0n) is 11.8. The molecule has 0 aliphatic rings. The van der Waals surface area contributed by atoms with Crippen molar-refractivity contribution >= 4 is 5.78 Å². The molecule has 0 bridgehead atoms. The number of hydrogen-bond acceptors (Lipinski definition) is 3. The first-order chi connectivity index (χ1) is 8.49. The Morgan fingerprint density at radius 1 is 1.44 bits per heavy atom. The van der Waals surface area contributed by atoms with Gasteiger partial charge in [-0.2, -0.15) is 0 Å². The molecule has 1 aromatic rings. The summed E-state index contributed by atoms with van der Waals surface area (Å²) in [5.74, 6) is 1.65. The van der Waals surface area contributed by atoms with Crippen LogP contribution in [-0.4, -0.2) is 17.4 Å². The Labute approximate surface area is 110 Å². The number of Topliss-reactive ketones (excluding diaryl/α,β-unsaturated/α-hetero) is 1. The third kappa shape index (κ3) is 5.30. The molecule has 1 aromatic heterocycles. The minimum Gasteiger partial charge on any atom is -0.492 e. The standard InChI is InChI=1S/C15H23NO2/c1-11(2)7-8-18-15-9-14(6-5-12(3)17)13(4)16-10-15/h9-11H,5-8H2,1-4H3. The van der Waals surface area contributed by atoms with Crippen LogP contribution in [0.3, 0.4) is 0 Å². The predicted molar refractivity (Wildman–Crippen MR) is 72.9 cm³/mol. The van der Waals surface area contributed by atoms with Crippen molar-refractivity contribution < 1.29 is 9.53 Å². The van der Waals surface area contributed by atoms with Crippen molar-refractivity contribution in [1.29, 1.82) is 0 Å². The lowest BCUT2D eigenvalue weighted by atomic mass is 10.1. The quantitative estimate of drug-likeness (QED) is 0.744. The predicted octanol–water partition coefficient (Wildman–Crippen LogP) is 3.34. The second kappa shape index (κ2) is 7.14. The Morgan fingerprint density at radius 2 is 2.17 bits per heavy atom. The van der Waals surface area contributed by atoms with Gasteiger partial charge in [-0.25, -0.2) is 0 Å². The summed E-state index contributed by atoms with van der Waals surface area (Å²) in [5.41, 5.74) is 2.08. The van der Waals surface area contributed by atoms with Crippen molar-refractivity contribution in [1.82, 2.24) is 4.98 Å². The lowest BCUT2D eigenvalue weighted by Gasteiger charge is -2.10. The van der Waals surface area contributed by atoms with Gasteiger partial charge < -0.3 is 9.53 Å². The van der Waals surface area contributed by atoms with Crippen LogP contribution in [0, 0.1) is 12.8 Å². The fourth-order valence-electron chi connectivity index (χ4n) is 1.61. The number of ketones is 1. The molecule has 1 heterocycles. The van der Waals surface area contributed by atoms with Gasteiger partial charge in [0.05, 0.1) is 12.8 Å². The minimum atomic E-state index is 0.209. The van der Waals surface area contributed by atoms with Gasteiger partial charge in [0, 0.05) is 12.1 Å². The molecule has 3 nitrogen and oxygen atoms in total. The monoisotopic (exact) mass is 249 g/mol. The maximum absolute atomic E-state index is 11.0. The van der Waals surface area contributed by atoms with Crippen molar-refractivity contribution in [3.05, 3.63) is 23.5 Å². The van der Waals surface area contributed by atoms with Crippen LogP contribution in [0.4, 0.5) is 0 Å². The fraction of sp³-hybridized carbons (Fsp3) is 0.600. The number of pyridine rings is 1. The van der Waals surface area contributed by atoms with E-state index in [1.807, 2.05) is 13.0 Å². The Morgan fingerprint density at radius 3 is 2.78 bits per heavy atom. The third-order valence-corrected chi connectivity index (χ3v) is 2.88. The highest BCUT2D eigenvalue weighted by molar-refractivity contribution is 5.75. The van der Waals surface area contributed by atoms with E-state index < -0.39 is 0 Å². The second-order valence-corrected chi connectivity index (χ2v) is 5.15. The highest BCUT2D eigenvalue weighted by atomic mass is 16.5. The number of aryl methyl sites for hydroxylation is 2. The number of carbonyl (C=O) groups excluding carboxylic acids is 1. The van der Waals surface area contributed by atoms with Gasteiger partial charge in [-0.3, -0.25) is 4.98 Å². The Hall–Kier alpha value is -1.38. The molecular weight excluding hydrogens is 226 g/mol. The first kappa shape index (κ1) is 14.7. The largest absolute Gasteiger partial charge is 0.492 e. The summed E-state index contributed by atoms with van der Waals surface area (Å²) in [6.07, 6.45) is 4.11. The van der Waals surface area contributed by atoms with E-state index in [1.54, 1.807) is 13.1 Å². The molecule has 0 amide bonds. The highest BCUT2D eigenvalue weighted by Crippen LogP contribution is 2.17. The number of aromatic nitrogens is 1. The summed E-state index contributed by atoms with van der Waals surface area (Å²) in [5, 5.41) is 0. The van der Waals surface area contributed by atoms with E-state index in [0.717, 1.165) is 29.8 Å². The van der Waals surface area contributed by atoms with Gasteiger partial charge in [0.1, 0.15) is 11.5 Å². The molecule has 0 saturated heterocycles. The zero-order valence-corrected chi connectivity index (χ0v) is 11.8. The smallest absolute Gasteiger partial charge is 0.137 e. The maximum atomic E-state index is 11.0. The van der Waals surface area contributed by atoms with Gasteiger partial charge >= 0.3 is 0 Å². The van der Waals surface area contributed by atoms with Gasteiger partial charge in [0.2, 0.25) is 0 Å². The van der Waals surface area contributed by atoms with Crippen LogP contribution in [0.5, 0.6) is 5.75 Å². The maximum Gasteiger partial charge on any atom is 0.137 e. The summed E-state index contributed by atoms with van der Waals surface area (Å²) in [7, 11) is 0. The molecule has 0 aliphatic carbocycles. The van der Waals surface area contributed by atoms with Crippen LogP contribution in [-0.2, 0) is 11.2 Å². The van der Waals surface area contributed by atoms with E-state index in [-0.39, 0.29) is 5.78 Å². The lowest BCUT2D eigenvalue weighted by molar-refractivity contribution is -0.116. The fourth-order valence-corrected chi connectivity index (χ4v) is 1.61. The summed E-state index contributed by atoms with van der Waals surface area (Å²) in [6, 6.07) is 2.01. The topological polar surface area (TPSA) is 39.2 Å². The molecule has 18 heavy (non-hydrogen) atoms. The first-order valence-electron chi connectivity index (χ1n) is 6.56. The Balaban J connectivity index is 2.59. The van der Waals surface area contributed by atoms with E-state index in [2.05, 4.69) is 18.8 Å². The van der Waals surface area contributed by atoms with Gasteiger partial charge in [-0.1, -0.05) is 13.8 Å². The summed E-state index contributed by atoms with van der Waals surface area (Å²) in [4.78, 5) is 15.3. The van der Waals surface area contributed by atoms with E-state index >= 15 is 0 Å². The number of carbonyl (C=O) groups is 1. The van der Waals surface area contributed by atoms with Gasteiger partial charge in [0.25, 0.3) is 0 Å². The molecule has 0 atom stereocenters.